The minimum atomic E-state index is -0.283. The molecule has 0 amide bonds. The molecule has 4 heteroatoms. The highest BCUT2D eigenvalue weighted by Crippen LogP contribution is 2.12. The average Bonchev–Trinajstić information content (AvgIpc) is 2.31. The largest absolute Gasteiger partial charge is 0.331 e. The summed E-state index contributed by atoms with van der Waals surface area (Å²) < 4.78 is 13.4. The topological polar surface area (TPSA) is 31.6 Å². The molecule has 1 heterocycles. The number of nitrogens with one attached hydrogen (secondary N) is 2. The maximum atomic E-state index is 12.9. The third kappa shape index (κ3) is 0.952. The predicted octanol–water partition coefficient (Wildman–Crippen LogP) is 2.36. The van der Waals surface area contributed by atoms with Crippen LogP contribution in [0.25, 0.3) is 11.0 Å². The van der Waals surface area contributed by atoms with Crippen LogP contribution in [0.15, 0.2) is 18.2 Å². The lowest BCUT2D eigenvalue weighted by Gasteiger charge is -1.87. The molecule has 0 saturated heterocycles. The Morgan fingerprint density at radius 2 is 2.09 bits per heavy atom. The second-order valence-electron chi connectivity index (χ2n) is 2.24. The van der Waals surface area contributed by atoms with Crippen LogP contribution in [0.5, 0.6) is 0 Å². The van der Waals surface area contributed by atoms with E-state index in [9.17, 15) is 4.39 Å². The number of hydrogen-bond donors (Lipinski definition) is 2. The zero-order valence-corrected chi connectivity index (χ0v) is 6.33. The fraction of sp³-hybridized carbons (Fsp3) is 0. The Morgan fingerprint density at radius 3 is 2.82 bits per heavy atom. The summed E-state index contributed by atoms with van der Waals surface area (Å²) in [5.41, 5.74) is 1.15. The molecule has 0 spiro atoms. The van der Waals surface area contributed by atoms with Gasteiger partial charge >= 0.3 is 0 Å². The van der Waals surface area contributed by atoms with Crippen LogP contribution in [0.4, 0.5) is 4.39 Å². The van der Waals surface area contributed by atoms with Gasteiger partial charge in [-0.3, -0.25) is 0 Å². The van der Waals surface area contributed by atoms with E-state index in [4.69, 9.17) is 12.2 Å². The number of halogens is 1. The summed E-state index contributed by atoms with van der Waals surface area (Å²) in [5, 5.41) is 0. The van der Waals surface area contributed by atoms with Crippen LogP contribution < -0.4 is 0 Å². The SMILES string of the molecule is Fc1cccc2[nH]c(=S)[nH]c12. The van der Waals surface area contributed by atoms with Gasteiger partial charge in [0, 0.05) is 0 Å². The molecule has 2 N–H and O–H groups in total. The molecule has 0 aliphatic carbocycles. The van der Waals surface area contributed by atoms with E-state index in [1.165, 1.54) is 6.07 Å². The van der Waals surface area contributed by atoms with Gasteiger partial charge in [0.15, 0.2) is 4.77 Å². The van der Waals surface area contributed by atoms with Gasteiger partial charge in [-0.25, -0.2) is 4.39 Å². The molecular formula is C7H5FN2S. The maximum Gasteiger partial charge on any atom is 0.175 e. The Hall–Kier alpha value is -1.16. The lowest BCUT2D eigenvalue weighted by atomic mass is 10.3. The number of fused-ring (bicyclic) bond motifs is 1. The first kappa shape index (κ1) is 6.54. The second-order valence-corrected chi connectivity index (χ2v) is 2.65. The quantitative estimate of drug-likeness (QED) is 0.581. The molecule has 0 bridgehead atoms. The Morgan fingerprint density at radius 1 is 1.27 bits per heavy atom. The van der Waals surface area contributed by atoms with Crippen LogP contribution in [0.3, 0.4) is 0 Å². The van der Waals surface area contributed by atoms with Gasteiger partial charge < -0.3 is 9.97 Å². The van der Waals surface area contributed by atoms with Crippen molar-refractivity contribution in [3.63, 3.8) is 0 Å². The first-order valence-corrected chi connectivity index (χ1v) is 3.55. The average molecular weight is 168 g/mol. The first-order chi connectivity index (χ1) is 5.27. The first-order valence-electron chi connectivity index (χ1n) is 3.14. The zero-order chi connectivity index (χ0) is 7.84. The van der Waals surface area contributed by atoms with E-state index in [1.54, 1.807) is 12.1 Å². The predicted molar refractivity (Wildman–Crippen MR) is 43.4 cm³/mol. The molecule has 0 unspecified atom stereocenters. The number of hydrogen-bond acceptors (Lipinski definition) is 1. The van der Waals surface area contributed by atoms with E-state index in [0.717, 1.165) is 0 Å². The Kier molecular flexibility index (Phi) is 1.29. The summed E-state index contributed by atoms with van der Waals surface area (Å²) in [7, 11) is 0. The number of aromatic nitrogens is 2. The molecule has 0 aliphatic rings. The molecule has 2 rings (SSSR count). The number of benzene rings is 1. The molecule has 0 radical (unpaired) electrons. The third-order valence-electron chi connectivity index (χ3n) is 1.50. The lowest BCUT2D eigenvalue weighted by molar-refractivity contribution is 0.637. The third-order valence-corrected chi connectivity index (χ3v) is 1.70. The van der Waals surface area contributed by atoms with Crippen LogP contribution in [0.1, 0.15) is 0 Å². The van der Waals surface area contributed by atoms with Gasteiger partial charge in [-0.05, 0) is 24.4 Å². The summed E-state index contributed by atoms with van der Waals surface area (Å²) >= 11 is 4.79. The van der Waals surface area contributed by atoms with Crippen LogP contribution >= 0.6 is 12.2 Å². The van der Waals surface area contributed by atoms with Crippen molar-refractivity contribution in [2.75, 3.05) is 0 Å². The number of H-pyrrole nitrogens is 2. The maximum absolute atomic E-state index is 12.9. The minimum absolute atomic E-state index is 0.283. The van der Waals surface area contributed by atoms with Crippen molar-refractivity contribution in [1.29, 1.82) is 0 Å². The van der Waals surface area contributed by atoms with Crippen molar-refractivity contribution in [3.8, 4) is 0 Å². The van der Waals surface area contributed by atoms with Gasteiger partial charge in [-0.1, -0.05) is 6.07 Å². The van der Waals surface area contributed by atoms with Gasteiger partial charge in [0.2, 0.25) is 0 Å². The Labute approximate surface area is 67.1 Å². The van der Waals surface area contributed by atoms with Gasteiger partial charge in [0.25, 0.3) is 0 Å². The molecule has 0 atom stereocenters. The molecule has 1 aromatic heterocycles. The van der Waals surface area contributed by atoms with E-state index < -0.39 is 0 Å². The molecule has 0 fully saturated rings. The number of para-hydroxylation sites is 1. The van der Waals surface area contributed by atoms with E-state index in [0.29, 0.717) is 15.8 Å². The van der Waals surface area contributed by atoms with Gasteiger partial charge in [0.1, 0.15) is 11.3 Å². The van der Waals surface area contributed by atoms with Crippen molar-refractivity contribution in [1.82, 2.24) is 9.97 Å². The van der Waals surface area contributed by atoms with Crippen molar-refractivity contribution in [3.05, 3.63) is 28.8 Å². The number of aromatic amines is 2. The van der Waals surface area contributed by atoms with E-state index in [2.05, 4.69) is 9.97 Å². The number of imidazole rings is 1. The molecule has 56 valence electrons. The van der Waals surface area contributed by atoms with E-state index >= 15 is 0 Å². The molecule has 2 aromatic rings. The molecule has 0 saturated carbocycles. The summed E-state index contributed by atoms with van der Waals surface area (Å²) in [6, 6.07) is 4.79. The van der Waals surface area contributed by atoms with Crippen molar-refractivity contribution >= 4 is 23.3 Å². The highest BCUT2D eigenvalue weighted by atomic mass is 32.1. The van der Waals surface area contributed by atoms with E-state index in [-0.39, 0.29) is 5.82 Å². The summed E-state index contributed by atoms with van der Waals surface area (Å²) in [5.74, 6) is -0.283. The molecule has 11 heavy (non-hydrogen) atoms. The Balaban J connectivity index is 3.01. The monoisotopic (exact) mass is 168 g/mol. The zero-order valence-electron chi connectivity index (χ0n) is 5.52. The van der Waals surface area contributed by atoms with Crippen LogP contribution in [0.2, 0.25) is 0 Å². The van der Waals surface area contributed by atoms with Crippen molar-refractivity contribution < 1.29 is 4.39 Å². The van der Waals surface area contributed by atoms with Gasteiger partial charge in [-0.2, -0.15) is 0 Å². The highest BCUT2D eigenvalue weighted by Gasteiger charge is 1.99. The van der Waals surface area contributed by atoms with Crippen LogP contribution in [0, 0.1) is 10.6 Å². The summed E-state index contributed by atoms with van der Waals surface area (Å²) in [6.07, 6.45) is 0. The van der Waals surface area contributed by atoms with Crippen molar-refractivity contribution in [2.45, 2.75) is 0 Å². The van der Waals surface area contributed by atoms with Crippen LogP contribution in [-0.2, 0) is 0 Å². The van der Waals surface area contributed by atoms with Gasteiger partial charge in [-0.15, -0.1) is 0 Å². The minimum Gasteiger partial charge on any atom is -0.331 e. The standard InChI is InChI=1S/C7H5FN2S/c8-4-2-1-3-5-6(4)10-7(11)9-5/h1-3H,(H2,9,10,11). The Bertz CT molecular complexity index is 443. The fourth-order valence-corrected chi connectivity index (χ4v) is 1.23. The summed E-state index contributed by atoms with van der Waals surface area (Å²) in [4.78, 5) is 5.53. The molecule has 0 aliphatic heterocycles. The second kappa shape index (κ2) is 2.17. The summed E-state index contributed by atoms with van der Waals surface area (Å²) in [6.45, 7) is 0. The van der Waals surface area contributed by atoms with E-state index in [1.807, 2.05) is 0 Å². The van der Waals surface area contributed by atoms with Gasteiger partial charge in [0.05, 0.1) is 5.52 Å². The molecular weight excluding hydrogens is 163 g/mol. The smallest absolute Gasteiger partial charge is 0.175 e. The number of rotatable bonds is 0. The molecule has 2 nitrogen and oxygen atoms in total. The fourth-order valence-electron chi connectivity index (χ4n) is 1.02. The van der Waals surface area contributed by atoms with Crippen LogP contribution in [-0.4, -0.2) is 9.97 Å². The normalized spacial score (nSPS) is 10.6. The molecule has 1 aromatic carbocycles. The lowest BCUT2D eigenvalue weighted by Crippen LogP contribution is -1.74. The highest BCUT2D eigenvalue weighted by molar-refractivity contribution is 7.71. The van der Waals surface area contributed by atoms with Crippen molar-refractivity contribution in [2.24, 2.45) is 0 Å².